The summed E-state index contributed by atoms with van der Waals surface area (Å²) in [4.78, 5) is 104. The van der Waals surface area contributed by atoms with Crippen LogP contribution in [0, 0.1) is 29.6 Å². The number of aromatic nitrogens is 5. The number of nitrogen functional groups attached to an aromatic ring is 2. The van der Waals surface area contributed by atoms with E-state index in [-0.39, 0.29) is 86.1 Å². The summed E-state index contributed by atoms with van der Waals surface area (Å²) in [6.07, 6.45) is 14.8. The number of carbonyl (C=O) groups is 6. The highest BCUT2D eigenvalue weighted by atomic mass is 16.6. The molecule has 1 saturated carbocycles. The van der Waals surface area contributed by atoms with Crippen LogP contribution in [0.25, 0.3) is 33.4 Å². The van der Waals surface area contributed by atoms with Crippen molar-refractivity contribution in [2.24, 2.45) is 29.6 Å². The van der Waals surface area contributed by atoms with Gasteiger partial charge in [0, 0.05) is 116 Å². The van der Waals surface area contributed by atoms with Gasteiger partial charge >= 0.3 is 12.1 Å². The number of alkyl carbamates (subject to hydrolysis) is 1. The molecule has 0 radical (unpaired) electrons. The quantitative estimate of drug-likeness (QED) is 0.0113. The standard InChI is InChI=1S/C93H136N12O20/c1-61-14-10-9-11-15-62(2)81(114-7)56-73-23-17-63(3)87(122-73)86(110)90(111)104-30-13-12-16-75(104)91(112)123-72(55-76(106)65(5)51-66(6)78(108)57-77(107)64(4)50-61)24-19-67-20-25-80(82(53-67)115-8)125-93(113)96-29-39-117-43-44-118-40-36-101-32-34-102(35-33-101)37-41-119-45-47-121-49-48-120-46-42-116-38-28-83(109)103-31-27-69-52-68(18-21-71(69)59-103)58-105-89-84(88(94)97-60-98-89)85(100-105)70-22-26-79-74(54-70)99-92(95)124-79/h9-11,14-15,18,21-22,26,51-52,54,60-61,63-65,67,72-73,75-76,78,80-82,87,106,108H,12-13,16-17,19-20,23-25,27-50,53,55-59H2,1-8H3,(H2,95,99)(H,96,113)(H2,94,97,98)/b11-9?,14-10+,62-15?,66-51+/t61-,63-,64-,65-,67-,72-,73?,75+,76-,78+,80-,81+,82-,87?/m1/s1. The van der Waals surface area contributed by atoms with Gasteiger partial charge in [-0.05, 0) is 155 Å². The summed E-state index contributed by atoms with van der Waals surface area (Å²) in [5, 5.41) is 31.6. The Morgan fingerprint density at radius 1 is 0.688 bits per heavy atom. The molecule has 8 heterocycles. The second kappa shape index (κ2) is 49.7. The molecule has 688 valence electrons. The summed E-state index contributed by atoms with van der Waals surface area (Å²) >= 11 is 0. The molecule has 6 aliphatic rings. The number of amides is 3. The topological polar surface area (TPSA) is 391 Å². The Balaban J connectivity index is 0.508. The molecule has 125 heavy (non-hydrogen) atoms. The zero-order chi connectivity index (χ0) is 88.7. The molecule has 3 amide bonds. The minimum Gasteiger partial charge on any atom is -0.461 e. The monoisotopic (exact) mass is 1740 g/mol. The van der Waals surface area contributed by atoms with E-state index < -0.39 is 72.3 Å². The maximum atomic E-state index is 14.6. The lowest BCUT2D eigenvalue weighted by atomic mass is 9.81. The van der Waals surface area contributed by atoms with Crippen LogP contribution in [-0.4, -0.2) is 297 Å². The largest absolute Gasteiger partial charge is 0.461 e. The van der Waals surface area contributed by atoms with Gasteiger partial charge in [-0.2, -0.15) is 10.1 Å². The number of aliphatic hydroxyl groups is 2. The van der Waals surface area contributed by atoms with Crippen molar-refractivity contribution in [3.8, 4) is 11.3 Å². The van der Waals surface area contributed by atoms with E-state index in [1.165, 1.54) is 16.8 Å². The molecule has 2 bridgehead atoms. The number of piperazine rings is 1. The van der Waals surface area contributed by atoms with Gasteiger partial charge in [0.05, 0.1) is 128 Å². The Labute approximate surface area is 735 Å². The number of piperidine rings is 1. The van der Waals surface area contributed by atoms with Crippen LogP contribution in [0.2, 0.25) is 0 Å². The molecule has 3 aromatic heterocycles. The smallest absolute Gasteiger partial charge is 0.407 e. The number of ether oxygens (including phenoxy) is 11. The molecule has 7 N–H and O–H groups in total. The number of Topliss-reactive ketones (excluding diaryl/α,β-unsaturated/α-hetero) is 2. The summed E-state index contributed by atoms with van der Waals surface area (Å²) in [5.74, 6) is -2.63. The van der Waals surface area contributed by atoms with Crippen LogP contribution in [0.4, 0.5) is 16.6 Å². The number of aliphatic hydroxyl groups excluding tert-OH is 2. The van der Waals surface area contributed by atoms with Crippen molar-refractivity contribution in [2.75, 3.05) is 164 Å². The van der Waals surface area contributed by atoms with E-state index >= 15 is 0 Å². The number of methoxy groups -OCH3 is 2. The van der Waals surface area contributed by atoms with Gasteiger partial charge in [-0.15, -0.1) is 0 Å². The lowest BCUT2D eigenvalue weighted by Gasteiger charge is -2.38. The second-order valence-corrected chi connectivity index (χ2v) is 34.6. The number of nitrogens with two attached hydrogens (primary N) is 2. The average molecular weight is 1740 g/mol. The highest BCUT2D eigenvalue weighted by Gasteiger charge is 2.44. The molecule has 32 nitrogen and oxygen atoms in total. The number of fused-ring (bicyclic) bond motifs is 6. The Morgan fingerprint density at radius 3 is 2.12 bits per heavy atom. The Hall–Kier alpha value is -8.48. The van der Waals surface area contributed by atoms with Crippen molar-refractivity contribution in [3.05, 3.63) is 107 Å². The molecular weight excluding hydrogens is 1610 g/mol. The van der Waals surface area contributed by atoms with Gasteiger partial charge in [0.1, 0.15) is 53.5 Å². The number of cyclic esters (lactones) is 1. The fourth-order valence-corrected chi connectivity index (χ4v) is 17.6. The van der Waals surface area contributed by atoms with E-state index in [2.05, 4.69) is 61.3 Å². The number of esters is 1. The number of ketones is 2. The first-order valence-corrected chi connectivity index (χ1v) is 45.2. The summed E-state index contributed by atoms with van der Waals surface area (Å²) in [7, 11) is 3.24. The predicted octanol–water partition coefficient (Wildman–Crippen LogP) is 9.37. The number of allylic oxidation sites excluding steroid dienone is 5. The van der Waals surface area contributed by atoms with Crippen LogP contribution >= 0.6 is 0 Å². The molecule has 32 heteroatoms. The van der Waals surface area contributed by atoms with Gasteiger partial charge in [0.2, 0.25) is 11.7 Å². The fourth-order valence-electron chi connectivity index (χ4n) is 17.6. The van der Waals surface area contributed by atoms with E-state index in [1.54, 1.807) is 33.3 Å². The molecule has 0 spiro atoms. The first kappa shape index (κ1) is 97.1. The van der Waals surface area contributed by atoms with Crippen LogP contribution in [0.3, 0.4) is 0 Å². The molecule has 5 aliphatic heterocycles. The third-order valence-electron chi connectivity index (χ3n) is 25.2. The van der Waals surface area contributed by atoms with Gasteiger partial charge in [-0.3, -0.25) is 29.0 Å². The number of anilines is 2. The average Bonchev–Trinajstić information content (AvgIpc) is 1.59. The van der Waals surface area contributed by atoms with Crippen LogP contribution in [0.15, 0.2) is 94.7 Å². The third-order valence-corrected chi connectivity index (χ3v) is 25.2. The summed E-state index contributed by atoms with van der Waals surface area (Å²) < 4.78 is 72.6. The molecule has 1 aliphatic carbocycles. The summed E-state index contributed by atoms with van der Waals surface area (Å²) in [5.41, 5.74) is 20.3. The number of nitrogens with zero attached hydrogens (tertiary/aromatic N) is 9. The van der Waals surface area contributed by atoms with E-state index in [9.17, 15) is 39.0 Å². The number of carbonyl (C=O) groups excluding carboxylic acids is 6. The van der Waals surface area contributed by atoms with Crippen molar-refractivity contribution < 1.29 is 95.5 Å². The highest BCUT2D eigenvalue weighted by molar-refractivity contribution is 6.38. The molecule has 2 aromatic carbocycles. The van der Waals surface area contributed by atoms with Crippen molar-refractivity contribution >= 4 is 69.4 Å². The van der Waals surface area contributed by atoms with Gasteiger partial charge in [0.15, 0.2) is 11.2 Å². The number of benzene rings is 2. The molecule has 5 aromatic rings. The zero-order valence-electron chi connectivity index (χ0n) is 74.6. The molecule has 2 unspecified atom stereocenters. The summed E-state index contributed by atoms with van der Waals surface area (Å²) in [6, 6.07) is 11.0. The number of nitrogens with one attached hydrogen (secondary N) is 1. The molecular formula is C93H136N12O20. The molecule has 3 saturated heterocycles. The van der Waals surface area contributed by atoms with Gasteiger partial charge in [-0.1, -0.05) is 82.4 Å². The van der Waals surface area contributed by atoms with Gasteiger partial charge in [0.25, 0.3) is 11.9 Å². The van der Waals surface area contributed by atoms with E-state index in [4.69, 9.17) is 73.1 Å². The molecule has 4 fully saturated rings. The van der Waals surface area contributed by atoms with Crippen LogP contribution in [0.1, 0.15) is 155 Å². The maximum absolute atomic E-state index is 14.6. The minimum atomic E-state index is -1.06. The van der Waals surface area contributed by atoms with Crippen molar-refractivity contribution in [2.45, 2.75) is 212 Å². The van der Waals surface area contributed by atoms with E-state index in [0.29, 0.717) is 215 Å². The molecule has 14 atom stereocenters. The van der Waals surface area contributed by atoms with Crippen LogP contribution < -0.4 is 16.8 Å². The lowest BCUT2D eigenvalue weighted by Crippen LogP contribution is -2.55. The minimum absolute atomic E-state index is 0.0445. The first-order valence-electron chi connectivity index (χ1n) is 45.2. The Bertz CT molecular complexity index is 4410. The van der Waals surface area contributed by atoms with Crippen LogP contribution in [-0.2, 0) is 95.6 Å². The number of oxazole rings is 1. The Kier molecular flexibility index (Phi) is 38.7. The van der Waals surface area contributed by atoms with Crippen LogP contribution in [0.5, 0.6) is 0 Å². The van der Waals surface area contributed by atoms with Gasteiger partial charge < -0.3 is 93.3 Å². The number of hydrogen-bond donors (Lipinski definition) is 5. The fraction of sp³-hybridized carbons (Fsp3) is 0.656. The Morgan fingerprint density at radius 2 is 1.40 bits per heavy atom. The van der Waals surface area contributed by atoms with Crippen molar-refractivity contribution in [1.82, 2.24) is 49.6 Å². The molecule has 11 rings (SSSR count). The lowest BCUT2D eigenvalue weighted by molar-refractivity contribution is -0.169. The second-order valence-electron chi connectivity index (χ2n) is 34.6. The van der Waals surface area contributed by atoms with Crippen molar-refractivity contribution in [1.29, 1.82) is 0 Å². The SMILES string of the molecule is CO[C@H]1CC2CC[C@@H](C)C(O2)C(=O)C(=O)N2CCCC[C@H]2C(=O)O[C@H](CC[C@@H]2CC[C@@H](OC(=O)NCCOCCOCCN3CCN(CCOCCOCCOCCOCCC(=O)N4CCc5cc(Cn6nc(-c7ccc8oc(N)nc8c7)c7c(N)ncnc76)ccc5C4)CC3)[C@H](OC)C2)C[C@@H](O)[C@H](C)/C=C(\C)[C@@H](O)CC(=O)[C@H](C)C[C@H](C)/C=C/C=CC=C1C. The number of rotatable bonds is 33. The maximum Gasteiger partial charge on any atom is 0.407 e. The number of hydrogen-bond acceptors (Lipinski definition) is 28. The first-order chi connectivity index (χ1) is 60.5. The van der Waals surface area contributed by atoms with Gasteiger partial charge in [-0.25, -0.2) is 24.2 Å². The van der Waals surface area contributed by atoms with Crippen molar-refractivity contribution in [3.63, 3.8) is 0 Å². The summed E-state index contributed by atoms with van der Waals surface area (Å²) in [6.45, 7) is 24.2. The van der Waals surface area contributed by atoms with E-state index in [0.717, 1.165) is 68.0 Å². The highest BCUT2D eigenvalue weighted by Crippen LogP contribution is 2.37. The third kappa shape index (κ3) is 29.3. The zero-order valence-corrected chi connectivity index (χ0v) is 74.6. The normalized spacial score (nSPS) is 26.7. The predicted molar refractivity (Wildman–Crippen MR) is 471 cm³/mol. The van der Waals surface area contributed by atoms with E-state index in [1.807, 2.05) is 73.7 Å².